The number of hydrogen-bond acceptors (Lipinski definition) is 3. The highest BCUT2D eigenvalue weighted by molar-refractivity contribution is 5.94. The van der Waals surface area contributed by atoms with E-state index in [1.54, 1.807) is 4.90 Å². The minimum Gasteiger partial charge on any atom is -0.353 e. The summed E-state index contributed by atoms with van der Waals surface area (Å²) in [7, 11) is 0. The molecule has 7 heteroatoms. The van der Waals surface area contributed by atoms with Gasteiger partial charge in [-0.1, -0.05) is 0 Å². The molecule has 3 amide bonds. The summed E-state index contributed by atoms with van der Waals surface area (Å²) in [5.41, 5.74) is 1.43. The Morgan fingerprint density at radius 1 is 1.00 bits per heavy atom. The van der Waals surface area contributed by atoms with Gasteiger partial charge in [0.15, 0.2) is 0 Å². The molecule has 170 valence electrons. The van der Waals surface area contributed by atoms with Gasteiger partial charge in [0.2, 0.25) is 11.8 Å². The van der Waals surface area contributed by atoms with E-state index in [0.717, 1.165) is 18.5 Å². The first-order chi connectivity index (χ1) is 15.2. The van der Waals surface area contributed by atoms with Crippen molar-refractivity contribution in [3.8, 4) is 5.69 Å². The molecule has 1 unspecified atom stereocenters. The molecule has 0 radical (unpaired) electrons. The molecular formula is C25H32N4O3. The average molecular weight is 437 g/mol. The van der Waals surface area contributed by atoms with Crippen molar-refractivity contribution < 1.29 is 14.4 Å². The molecule has 1 atom stereocenters. The lowest BCUT2D eigenvalue weighted by Crippen LogP contribution is -2.48. The fraction of sp³-hybridized carbons (Fsp3) is 0.480. The van der Waals surface area contributed by atoms with Crippen molar-refractivity contribution in [1.82, 2.24) is 19.7 Å². The van der Waals surface area contributed by atoms with E-state index in [4.69, 9.17) is 0 Å². The molecule has 0 spiro atoms. The van der Waals surface area contributed by atoms with Gasteiger partial charge in [-0.05, 0) is 70.0 Å². The van der Waals surface area contributed by atoms with Gasteiger partial charge in [0.25, 0.3) is 5.91 Å². The third kappa shape index (κ3) is 4.71. The van der Waals surface area contributed by atoms with Gasteiger partial charge in [0.1, 0.15) is 0 Å². The molecule has 2 aliphatic rings. The summed E-state index contributed by atoms with van der Waals surface area (Å²) >= 11 is 0. The minimum absolute atomic E-state index is 0.0241. The number of nitrogens with one attached hydrogen (secondary N) is 1. The largest absolute Gasteiger partial charge is 0.353 e. The van der Waals surface area contributed by atoms with Gasteiger partial charge in [-0.15, -0.1) is 0 Å². The highest BCUT2D eigenvalue weighted by atomic mass is 16.2. The number of benzene rings is 1. The topological polar surface area (TPSA) is 74.7 Å². The van der Waals surface area contributed by atoms with Crippen LogP contribution in [0.2, 0.25) is 0 Å². The van der Waals surface area contributed by atoms with E-state index in [-0.39, 0.29) is 41.6 Å². The van der Waals surface area contributed by atoms with Crippen molar-refractivity contribution in [3.05, 3.63) is 54.4 Å². The van der Waals surface area contributed by atoms with Gasteiger partial charge >= 0.3 is 0 Å². The van der Waals surface area contributed by atoms with Crippen LogP contribution >= 0.6 is 0 Å². The molecule has 2 aliphatic heterocycles. The van der Waals surface area contributed by atoms with E-state index in [0.29, 0.717) is 25.2 Å². The number of carbonyl (C=O) groups excluding carboxylic acids is 3. The number of rotatable bonds is 4. The molecule has 0 aliphatic carbocycles. The molecule has 7 nitrogen and oxygen atoms in total. The quantitative estimate of drug-likeness (QED) is 0.801. The van der Waals surface area contributed by atoms with Crippen LogP contribution in [0.25, 0.3) is 5.69 Å². The predicted octanol–water partition coefficient (Wildman–Crippen LogP) is 2.85. The van der Waals surface area contributed by atoms with Crippen molar-refractivity contribution in [2.45, 2.75) is 51.6 Å². The van der Waals surface area contributed by atoms with Crippen LogP contribution in [-0.4, -0.2) is 63.3 Å². The maximum Gasteiger partial charge on any atom is 0.253 e. The molecule has 1 N–H and O–H groups in total. The number of nitrogens with zero attached hydrogens (tertiary/aromatic N) is 3. The van der Waals surface area contributed by atoms with E-state index in [9.17, 15) is 14.4 Å². The van der Waals surface area contributed by atoms with Crippen LogP contribution in [0, 0.1) is 5.92 Å². The number of hydrogen-bond donors (Lipinski definition) is 1. The molecule has 1 aromatic carbocycles. The van der Waals surface area contributed by atoms with Crippen LogP contribution in [0.15, 0.2) is 48.8 Å². The number of piperidine rings is 1. The number of aromatic nitrogens is 1. The van der Waals surface area contributed by atoms with Crippen LogP contribution in [-0.2, 0) is 9.59 Å². The van der Waals surface area contributed by atoms with Crippen LogP contribution in [0.3, 0.4) is 0 Å². The van der Waals surface area contributed by atoms with E-state index < -0.39 is 0 Å². The Bertz CT molecular complexity index is 968. The number of likely N-dealkylation sites (tertiary alicyclic amines) is 2. The Balaban J connectivity index is 1.27. The minimum atomic E-state index is -0.291. The van der Waals surface area contributed by atoms with E-state index in [1.807, 2.05) is 79.0 Å². The van der Waals surface area contributed by atoms with Gasteiger partial charge in [0.05, 0.1) is 5.92 Å². The highest BCUT2D eigenvalue weighted by Crippen LogP contribution is 2.26. The fourth-order valence-corrected chi connectivity index (χ4v) is 4.54. The third-order valence-electron chi connectivity index (χ3n) is 6.45. The number of amides is 3. The normalized spacial score (nSPS) is 20.0. The Morgan fingerprint density at radius 3 is 2.19 bits per heavy atom. The molecule has 0 saturated carbocycles. The maximum atomic E-state index is 12.9. The van der Waals surface area contributed by atoms with E-state index >= 15 is 0 Å². The Labute approximate surface area is 189 Å². The summed E-state index contributed by atoms with van der Waals surface area (Å²) in [4.78, 5) is 41.5. The Hall–Kier alpha value is -3.09. The first-order valence-corrected chi connectivity index (χ1v) is 11.4. The van der Waals surface area contributed by atoms with Gasteiger partial charge in [-0.2, -0.15) is 0 Å². The van der Waals surface area contributed by atoms with Crippen molar-refractivity contribution >= 4 is 17.7 Å². The second kappa shape index (κ2) is 8.81. The summed E-state index contributed by atoms with van der Waals surface area (Å²) in [6.07, 6.45) is 5.67. The highest BCUT2D eigenvalue weighted by Gasteiger charge is 2.40. The summed E-state index contributed by atoms with van der Waals surface area (Å²) in [6, 6.07) is 11.6. The van der Waals surface area contributed by atoms with Crippen molar-refractivity contribution in [2.75, 3.05) is 19.6 Å². The van der Waals surface area contributed by atoms with Gasteiger partial charge in [0, 0.05) is 61.3 Å². The lowest BCUT2D eigenvalue weighted by Gasteiger charge is -2.33. The van der Waals surface area contributed by atoms with Crippen LogP contribution in [0.4, 0.5) is 0 Å². The van der Waals surface area contributed by atoms with E-state index in [2.05, 4.69) is 5.32 Å². The summed E-state index contributed by atoms with van der Waals surface area (Å²) < 4.78 is 2.00. The molecule has 2 fully saturated rings. The fourth-order valence-electron chi connectivity index (χ4n) is 4.54. The first-order valence-electron chi connectivity index (χ1n) is 11.4. The molecule has 32 heavy (non-hydrogen) atoms. The van der Waals surface area contributed by atoms with Crippen molar-refractivity contribution in [1.29, 1.82) is 0 Å². The molecule has 1 aromatic heterocycles. The smallest absolute Gasteiger partial charge is 0.253 e. The molecule has 2 aromatic rings. The second-order valence-electron chi connectivity index (χ2n) is 9.79. The molecule has 3 heterocycles. The first kappa shape index (κ1) is 22.1. The van der Waals surface area contributed by atoms with Crippen LogP contribution in [0.5, 0.6) is 0 Å². The summed E-state index contributed by atoms with van der Waals surface area (Å²) in [6.45, 7) is 7.68. The molecule has 2 saturated heterocycles. The standard InChI is InChI=1S/C25H32N4O3/c1-25(2,3)29-17-19(16-22(29)30)23(31)26-20-10-14-28(15-11-20)24(32)18-6-8-21(9-7-18)27-12-4-5-13-27/h4-9,12-13,19-20H,10-11,14-17H2,1-3H3,(H,26,31). The predicted molar refractivity (Wildman–Crippen MR) is 122 cm³/mol. The monoisotopic (exact) mass is 436 g/mol. The average Bonchev–Trinajstić information content (AvgIpc) is 3.44. The van der Waals surface area contributed by atoms with Gasteiger partial charge < -0.3 is 19.7 Å². The van der Waals surface area contributed by atoms with Gasteiger partial charge in [-0.25, -0.2) is 0 Å². The molecular weight excluding hydrogens is 404 g/mol. The molecule has 0 bridgehead atoms. The lowest BCUT2D eigenvalue weighted by molar-refractivity contribution is -0.132. The summed E-state index contributed by atoms with van der Waals surface area (Å²) in [5, 5.41) is 3.12. The zero-order valence-electron chi connectivity index (χ0n) is 19.1. The van der Waals surface area contributed by atoms with Crippen LogP contribution in [0.1, 0.15) is 50.4 Å². The van der Waals surface area contributed by atoms with E-state index in [1.165, 1.54) is 0 Å². The summed E-state index contributed by atoms with van der Waals surface area (Å²) in [5.74, 6) is -0.271. The van der Waals surface area contributed by atoms with Gasteiger partial charge in [-0.3, -0.25) is 14.4 Å². The lowest BCUT2D eigenvalue weighted by atomic mass is 10.0. The SMILES string of the molecule is CC(C)(C)N1CC(C(=O)NC2CCN(C(=O)c3ccc(-n4cccc4)cc3)CC2)CC1=O. The molecule has 4 rings (SSSR count). The zero-order chi connectivity index (χ0) is 22.9. The Morgan fingerprint density at radius 2 is 1.62 bits per heavy atom. The zero-order valence-corrected chi connectivity index (χ0v) is 19.1. The van der Waals surface area contributed by atoms with Crippen LogP contribution < -0.4 is 5.32 Å². The Kier molecular flexibility index (Phi) is 6.09. The number of carbonyl (C=O) groups is 3. The second-order valence-corrected chi connectivity index (χ2v) is 9.79. The van der Waals surface area contributed by atoms with Crippen molar-refractivity contribution in [2.24, 2.45) is 5.92 Å². The maximum absolute atomic E-state index is 12.9. The van der Waals surface area contributed by atoms with Crippen molar-refractivity contribution in [3.63, 3.8) is 0 Å². The third-order valence-corrected chi connectivity index (χ3v) is 6.45.